The third kappa shape index (κ3) is 2.27. The molecule has 3 aromatic carbocycles. The first-order chi connectivity index (χ1) is 15.9. The molecular formula is C25H15ClN2O5. The normalized spacial score (nSPS) is 26.6. The van der Waals surface area contributed by atoms with Gasteiger partial charge >= 0.3 is 0 Å². The fourth-order valence-electron chi connectivity index (χ4n) is 6.10. The molecule has 1 heterocycles. The molecule has 3 aliphatic carbocycles. The fraction of sp³-hybridized carbons (Fsp3) is 0.160. The van der Waals surface area contributed by atoms with Crippen molar-refractivity contribution < 1.29 is 19.3 Å². The van der Waals surface area contributed by atoms with E-state index in [-0.39, 0.29) is 10.7 Å². The molecule has 7 rings (SSSR count). The number of aldehydes is 1. The molecule has 7 nitrogen and oxygen atoms in total. The van der Waals surface area contributed by atoms with Crippen LogP contribution in [0.3, 0.4) is 0 Å². The van der Waals surface area contributed by atoms with E-state index in [0.29, 0.717) is 11.1 Å². The van der Waals surface area contributed by atoms with E-state index in [1.54, 1.807) is 0 Å². The number of imide groups is 1. The van der Waals surface area contributed by atoms with Crippen molar-refractivity contribution in [2.45, 2.75) is 11.3 Å². The number of halogens is 1. The first-order valence-corrected chi connectivity index (χ1v) is 10.8. The Morgan fingerprint density at radius 3 is 2.12 bits per heavy atom. The number of carbonyl (C=O) groups is 3. The molecule has 2 bridgehead atoms. The van der Waals surface area contributed by atoms with Crippen LogP contribution in [0, 0.1) is 22.0 Å². The summed E-state index contributed by atoms with van der Waals surface area (Å²) < 4.78 is 0. The number of nitrogens with zero attached hydrogens (tertiary/aromatic N) is 2. The van der Waals surface area contributed by atoms with Crippen molar-refractivity contribution in [3.05, 3.63) is 104 Å². The van der Waals surface area contributed by atoms with Gasteiger partial charge in [0, 0.05) is 17.0 Å². The summed E-state index contributed by atoms with van der Waals surface area (Å²) in [5.74, 6) is -3.43. The molecule has 1 aliphatic heterocycles. The molecule has 162 valence electrons. The quantitative estimate of drug-likeness (QED) is 0.256. The Labute approximate surface area is 192 Å². The van der Waals surface area contributed by atoms with Crippen LogP contribution in [0.25, 0.3) is 0 Å². The second kappa shape index (κ2) is 6.59. The summed E-state index contributed by atoms with van der Waals surface area (Å²) >= 11 is 5.95. The Balaban J connectivity index is 1.64. The van der Waals surface area contributed by atoms with Crippen LogP contribution in [0.15, 0.2) is 66.7 Å². The van der Waals surface area contributed by atoms with E-state index in [2.05, 4.69) is 0 Å². The average molecular weight is 459 g/mol. The Bertz CT molecular complexity index is 1370. The third-order valence-corrected chi connectivity index (χ3v) is 7.48. The summed E-state index contributed by atoms with van der Waals surface area (Å²) in [4.78, 5) is 52.5. The van der Waals surface area contributed by atoms with Gasteiger partial charge in [0.25, 0.3) is 5.69 Å². The number of benzene rings is 3. The summed E-state index contributed by atoms with van der Waals surface area (Å²) in [6, 6.07) is 18.6. The number of amides is 2. The van der Waals surface area contributed by atoms with Crippen molar-refractivity contribution in [3.63, 3.8) is 0 Å². The van der Waals surface area contributed by atoms with Crippen molar-refractivity contribution in [1.82, 2.24) is 0 Å². The molecule has 0 N–H and O–H groups in total. The summed E-state index contributed by atoms with van der Waals surface area (Å²) in [6.45, 7) is 0. The van der Waals surface area contributed by atoms with Crippen LogP contribution < -0.4 is 4.90 Å². The minimum absolute atomic E-state index is 0.117. The van der Waals surface area contributed by atoms with Crippen LogP contribution >= 0.6 is 11.6 Å². The van der Waals surface area contributed by atoms with Crippen molar-refractivity contribution in [2.24, 2.45) is 11.8 Å². The molecule has 2 atom stereocenters. The van der Waals surface area contributed by atoms with Gasteiger partial charge in [0.15, 0.2) is 0 Å². The monoisotopic (exact) mass is 458 g/mol. The second-order valence-corrected chi connectivity index (χ2v) is 8.98. The van der Waals surface area contributed by atoms with Crippen molar-refractivity contribution >= 4 is 41.1 Å². The van der Waals surface area contributed by atoms with Gasteiger partial charge < -0.3 is 4.79 Å². The van der Waals surface area contributed by atoms with Crippen molar-refractivity contribution in [1.29, 1.82) is 0 Å². The number of rotatable bonds is 3. The molecule has 1 saturated heterocycles. The lowest BCUT2D eigenvalue weighted by molar-refractivity contribution is -0.384. The third-order valence-electron chi connectivity index (χ3n) is 7.24. The standard InChI is InChI=1S/C25H15ClN2O5/c26-13-9-10-18(19(11-13)28(32)33)27-23(30)21-20-14-5-1-3-7-16(14)25(12-29,22(21)24(27)31)17-8-4-2-6-15(17)20/h1-12,20-22H/t20?,21-,22-,25?/m1/s1. The van der Waals surface area contributed by atoms with Crippen LogP contribution in [-0.4, -0.2) is 23.0 Å². The zero-order valence-corrected chi connectivity index (χ0v) is 17.7. The molecule has 3 aromatic rings. The number of hydrogen-bond acceptors (Lipinski definition) is 5. The second-order valence-electron chi connectivity index (χ2n) is 8.54. The van der Waals surface area contributed by atoms with E-state index in [1.807, 2.05) is 48.5 Å². The van der Waals surface area contributed by atoms with Gasteiger partial charge in [0.1, 0.15) is 12.0 Å². The van der Waals surface area contributed by atoms with E-state index >= 15 is 0 Å². The molecule has 2 amide bonds. The van der Waals surface area contributed by atoms with E-state index < -0.39 is 45.6 Å². The van der Waals surface area contributed by atoms with Gasteiger partial charge in [0.2, 0.25) is 11.8 Å². The highest BCUT2D eigenvalue weighted by Crippen LogP contribution is 2.63. The average Bonchev–Trinajstić information content (AvgIpc) is 3.10. The molecule has 4 aliphatic rings. The number of hydrogen-bond donors (Lipinski definition) is 0. The Morgan fingerprint density at radius 1 is 0.939 bits per heavy atom. The van der Waals surface area contributed by atoms with Crippen LogP contribution in [0.4, 0.5) is 11.4 Å². The van der Waals surface area contributed by atoms with Gasteiger partial charge in [-0.1, -0.05) is 60.1 Å². The SMILES string of the molecule is O=CC12c3ccccc3C(c3ccccc31)[C@H]1C(=O)N(c3ccc(Cl)cc3[N+](=O)[O-])C(=O)[C@@H]12. The Kier molecular flexibility index (Phi) is 3.95. The summed E-state index contributed by atoms with van der Waals surface area (Å²) in [5.41, 5.74) is 1.15. The van der Waals surface area contributed by atoms with Gasteiger partial charge in [-0.2, -0.15) is 0 Å². The largest absolute Gasteiger partial charge is 0.302 e. The highest BCUT2D eigenvalue weighted by Gasteiger charge is 2.68. The van der Waals surface area contributed by atoms with Gasteiger partial charge in [0.05, 0.1) is 22.2 Å². The van der Waals surface area contributed by atoms with E-state index in [0.717, 1.165) is 28.4 Å². The molecule has 0 unspecified atom stereocenters. The molecule has 0 radical (unpaired) electrons. The molecule has 0 aromatic heterocycles. The van der Waals surface area contributed by atoms with E-state index in [1.165, 1.54) is 12.1 Å². The maximum absolute atomic E-state index is 13.9. The molecule has 8 heteroatoms. The zero-order valence-electron chi connectivity index (χ0n) is 17.0. The first-order valence-electron chi connectivity index (χ1n) is 10.4. The molecule has 0 saturated carbocycles. The Hall–Kier alpha value is -3.84. The number of carbonyl (C=O) groups excluding carboxylic acids is 3. The van der Waals surface area contributed by atoms with Crippen LogP contribution in [0.2, 0.25) is 5.02 Å². The number of anilines is 1. The highest BCUT2D eigenvalue weighted by molar-refractivity contribution is 6.31. The van der Waals surface area contributed by atoms with E-state index in [9.17, 15) is 24.5 Å². The number of nitro groups is 1. The van der Waals surface area contributed by atoms with Gasteiger partial charge in [-0.15, -0.1) is 0 Å². The first kappa shape index (κ1) is 19.8. The smallest absolute Gasteiger partial charge is 0.294 e. The van der Waals surface area contributed by atoms with Crippen molar-refractivity contribution in [2.75, 3.05) is 4.90 Å². The maximum atomic E-state index is 13.9. The van der Waals surface area contributed by atoms with Crippen LogP contribution in [0.5, 0.6) is 0 Å². The van der Waals surface area contributed by atoms with Crippen LogP contribution in [-0.2, 0) is 19.8 Å². The van der Waals surface area contributed by atoms with E-state index in [4.69, 9.17) is 11.6 Å². The predicted octanol–water partition coefficient (Wildman–Crippen LogP) is 4.00. The molecule has 0 spiro atoms. The topological polar surface area (TPSA) is 97.6 Å². The Morgan fingerprint density at radius 2 is 1.55 bits per heavy atom. The maximum Gasteiger partial charge on any atom is 0.294 e. The minimum Gasteiger partial charge on any atom is -0.302 e. The zero-order chi connectivity index (χ0) is 23.1. The van der Waals surface area contributed by atoms with Gasteiger partial charge in [-0.05, 0) is 34.4 Å². The lowest BCUT2D eigenvalue weighted by Gasteiger charge is -2.51. The lowest BCUT2D eigenvalue weighted by Crippen LogP contribution is -2.54. The molecule has 1 fully saturated rings. The number of nitro benzene ring substituents is 1. The van der Waals surface area contributed by atoms with Crippen LogP contribution in [0.1, 0.15) is 28.2 Å². The summed E-state index contributed by atoms with van der Waals surface area (Å²) in [7, 11) is 0. The van der Waals surface area contributed by atoms with Gasteiger partial charge in [-0.25, -0.2) is 4.90 Å². The molecule has 33 heavy (non-hydrogen) atoms. The van der Waals surface area contributed by atoms with Gasteiger partial charge in [-0.3, -0.25) is 19.7 Å². The predicted molar refractivity (Wildman–Crippen MR) is 119 cm³/mol. The van der Waals surface area contributed by atoms with Crippen molar-refractivity contribution in [3.8, 4) is 0 Å². The molecular weight excluding hydrogens is 444 g/mol. The fourth-order valence-corrected chi connectivity index (χ4v) is 6.27. The lowest BCUT2D eigenvalue weighted by atomic mass is 9.48. The minimum atomic E-state index is -1.35. The highest BCUT2D eigenvalue weighted by atomic mass is 35.5. The summed E-state index contributed by atoms with van der Waals surface area (Å²) in [6.07, 6.45) is 0.767. The summed E-state index contributed by atoms with van der Waals surface area (Å²) in [5, 5.41) is 11.8.